The van der Waals surface area contributed by atoms with Gasteiger partial charge in [-0.2, -0.15) is 26.2 Å². The van der Waals surface area contributed by atoms with Gasteiger partial charge in [-0.1, -0.05) is 27.7 Å². The Labute approximate surface area is 115 Å². The molecular weight excluding hydrogens is 359 g/mol. The molecule has 5 heteroatoms. The van der Waals surface area contributed by atoms with Crippen LogP contribution in [0.4, 0.5) is 0 Å². The Morgan fingerprint density at radius 2 is 0.733 bits per heavy atom. The largest absolute Gasteiger partial charge is 0.663 e. The normalized spacial score (nSPS) is 6.40. The van der Waals surface area contributed by atoms with Gasteiger partial charge >= 0.3 is 0 Å². The first-order chi connectivity index (χ1) is 6.83. The molecule has 0 aromatic carbocycles. The minimum Gasteiger partial charge on any atom is -0.663 e. The van der Waals surface area contributed by atoms with Crippen molar-refractivity contribution in [3.05, 3.63) is 10.6 Å². The summed E-state index contributed by atoms with van der Waals surface area (Å²) in [6.07, 6.45) is 0. The van der Waals surface area contributed by atoms with Crippen molar-refractivity contribution in [2.45, 2.75) is 27.7 Å². The molecule has 0 aliphatic rings. The van der Waals surface area contributed by atoms with Crippen LogP contribution in [0.5, 0.6) is 0 Å². The molecule has 0 radical (unpaired) electrons. The van der Waals surface area contributed by atoms with Crippen molar-refractivity contribution in [3.8, 4) is 0 Å². The van der Waals surface area contributed by atoms with E-state index in [9.17, 15) is 0 Å². The summed E-state index contributed by atoms with van der Waals surface area (Å²) in [4.78, 5) is 0. The molecule has 0 saturated carbocycles. The van der Waals surface area contributed by atoms with Gasteiger partial charge < -0.3 is 20.8 Å². The van der Waals surface area contributed by atoms with Crippen LogP contribution in [0, 0.1) is 0 Å². The molecule has 0 saturated heterocycles. The summed E-state index contributed by atoms with van der Waals surface area (Å²) in [7, 11) is 2.00. The number of hydrogen-bond donors (Lipinski definition) is 2. The van der Waals surface area contributed by atoms with Crippen molar-refractivity contribution in [1.29, 1.82) is 0 Å². The van der Waals surface area contributed by atoms with E-state index in [0.29, 0.717) is 0 Å². The van der Waals surface area contributed by atoms with Crippen LogP contribution in [0.15, 0.2) is 0 Å². The van der Waals surface area contributed by atoms with Crippen LogP contribution in [-0.2, 0) is 25.8 Å². The molecule has 15 heavy (non-hydrogen) atoms. The summed E-state index contributed by atoms with van der Waals surface area (Å²) < 4.78 is 0. The average molecular weight is 387 g/mol. The van der Waals surface area contributed by atoms with Gasteiger partial charge in [-0.3, -0.25) is 0 Å². The van der Waals surface area contributed by atoms with Crippen molar-refractivity contribution in [2.24, 2.45) is 0 Å². The zero-order valence-electron chi connectivity index (χ0n) is 11.1. The predicted molar refractivity (Wildman–Crippen MR) is 65.2 cm³/mol. The summed E-state index contributed by atoms with van der Waals surface area (Å²) in [5.41, 5.74) is 0. The molecule has 0 unspecified atom stereocenters. The van der Waals surface area contributed by atoms with Crippen LogP contribution in [0.1, 0.15) is 27.7 Å². The molecule has 96 valence electrons. The topological polar surface area (TPSA) is 68.7 Å². The van der Waals surface area contributed by atoms with Gasteiger partial charge in [0.1, 0.15) is 0 Å². The van der Waals surface area contributed by atoms with E-state index in [1.807, 2.05) is 27.7 Å². The van der Waals surface area contributed by atoms with Crippen molar-refractivity contribution in [2.75, 3.05) is 40.4 Å². The smallest absolute Gasteiger partial charge is 0.0319 e. The van der Waals surface area contributed by atoms with E-state index in [4.69, 9.17) is 10.2 Å². The maximum absolute atomic E-state index is 7.00. The molecule has 0 aromatic rings. The van der Waals surface area contributed by atoms with Gasteiger partial charge in [0.2, 0.25) is 0 Å². The Balaban J connectivity index is -0.0000000318. The second kappa shape index (κ2) is 61.4. The van der Waals surface area contributed by atoms with Gasteiger partial charge in [0.15, 0.2) is 0 Å². The summed E-state index contributed by atoms with van der Waals surface area (Å²) in [6, 6.07) is 0. The standard InChI is InChI=1S/2C4H10N.2CH4O.Hf/c2*1-3-5-4-2;2*1-2;/h2*3-4H2,1-2H3;2*2H,1H3;/q2*-1;;;. The Kier molecular flexibility index (Phi) is 121. The third-order valence-corrected chi connectivity index (χ3v) is 0.894. The molecule has 0 aliphatic carbocycles. The molecule has 0 aliphatic heterocycles. The maximum Gasteiger partial charge on any atom is 0.0319 e. The predicted octanol–water partition coefficient (Wildman–Crippen LogP) is 2.01. The number of rotatable bonds is 4. The molecule has 0 atom stereocenters. The van der Waals surface area contributed by atoms with Crippen molar-refractivity contribution in [3.63, 3.8) is 0 Å². The molecule has 4 nitrogen and oxygen atoms in total. The van der Waals surface area contributed by atoms with Crippen molar-refractivity contribution >= 4 is 0 Å². The minimum atomic E-state index is 0. The Morgan fingerprint density at radius 1 is 0.600 bits per heavy atom. The van der Waals surface area contributed by atoms with Gasteiger partial charge in [0.05, 0.1) is 0 Å². The molecule has 0 heterocycles. The van der Waals surface area contributed by atoms with Gasteiger partial charge in [0.25, 0.3) is 0 Å². The van der Waals surface area contributed by atoms with E-state index in [0.717, 1.165) is 40.4 Å². The Hall–Kier alpha value is 0.710. The molecule has 0 fully saturated rings. The number of aliphatic hydroxyl groups excluding tert-OH is 2. The van der Waals surface area contributed by atoms with E-state index >= 15 is 0 Å². The SMILES string of the molecule is CC[N-]CC.CC[N-]CC.CO.CO.[Hf]. The van der Waals surface area contributed by atoms with E-state index in [1.165, 1.54) is 0 Å². The second-order valence-electron chi connectivity index (χ2n) is 1.71. The number of aliphatic hydroxyl groups is 2. The number of hydrogen-bond acceptors (Lipinski definition) is 2. The zero-order valence-corrected chi connectivity index (χ0v) is 14.7. The molecular formula is C10H28HfN2O2-2. The first-order valence-electron chi connectivity index (χ1n) is 4.99. The number of nitrogens with zero attached hydrogens (tertiary/aromatic N) is 2. The van der Waals surface area contributed by atoms with Gasteiger partial charge in [-0.25, -0.2) is 0 Å². The van der Waals surface area contributed by atoms with Crippen LogP contribution in [0.25, 0.3) is 10.6 Å². The summed E-state index contributed by atoms with van der Waals surface area (Å²) in [5, 5.41) is 21.9. The van der Waals surface area contributed by atoms with E-state index in [1.54, 1.807) is 0 Å². The molecule has 0 spiro atoms. The quantitative estimate of drug-likeness (QED) is 0.726. The molecule has 0 aromatic heterocycles. The van der Waals surface area contributed by atoms with Gasteiger partial charge in [0, 0.05) is 40.1 Å². The van der Waals surface area contributed by atoms with Crippen LogP contribution in [0.3, 0.4) is 0 Å². The van der Waals surface area contributed by atoms with Gasteiger partial charge in [-0.05, 0) is 0 Å². The summed E-state index contributed by atoms with van der Waals surface area (Å²) in [5.74, 6) is 0. The van der Waals surface area contributed by atoms with E-state index in [-0.39, 0.29) is 25.8 Å². The van der Waals surface area contributed by atoms with Gasteiger partial charge in [-0.15, -0.1) is 0 Å². The van der Waals surface area contributed by atoms with E-state index in [2.05, 4.69) is 10.6 Å². The van der Waals surface area contributed by atoms with Crippen LogP contribution < -0.4 is 0 Å². The third kappa shape index (κ3) is 107. The summed E-state index contributed by atoms with van der Waals surface area (Å²) >= 11 is 0. The first-order valence-corrected chi connectivity index (χ1v) is 4.99. The first kappa shape index (κ1) is 29.6. The van der Waals surface area contributed by atoms with Crippen LogP contribution in [-0.4, -0.2) is 50.6 Å². The van der Waals surface area contributed by atoms with Crippen LogP contribution in [0.2, 0.25) is 0 Å². The maximum atomic E-state index is 7.00. The monoisotopic (exact) mass is 388 g/mol. The molecule has 0 amide bonds. The summed E-state index contributed by atoms with van der Waals surface area (Å²) in [6.45, 7) is 12.1. The molecule has 0 rings (SSSR count). The second-order valence-corrected chi connectivity index (χ2v) is 1.71. The molecule has 2 N–H and O–H groups in total. The van der Waals surface area contributed by atoms with Crippen LogP contribution >= 0.6 is 0 Å². The van der Waals surface area contributed by atoms with E-state index < -0.39 is 0 Å². The zero-order chi connectivity index (χ0) is 12.2. The fourth-order valence-electron chi connectivity index (χ4n) is 0.447. The fourth-order valence-corrected chi connectivity index (χ4v) is 0.447. The molecule has 0 bridgehead atoms. The Bertz CT molecular complexity index is 42.4. The fraction of sp³-hybridized carbons (Fsp3) is 1.00. The third-order valence-electron chi connectivity index (χ3n) is 0.894. The van der Waals surface area contributed by atoms with Crippen molar-refractivity contribution < 1.29 is 36.1 Å². The Morgan fingerprint density at radius 3 is 0.733 bits per heavy atom. The average Bonchev–Trinajstić information content (AvgIpc) is 2.27. The minimum absolute atomic E-state index is 0. The van der Waals surface area contributed by atoms with Crippen molar-refractivity contribution in [1.82, 2.24) is 0 Å².